The molecular weight excluding hydrogens is 341 g/mol. The molecule has 6 nitrogen and oxygen atoms in total. The van der Waals surface area contributed by atoms with E-state index >= 15 is 0 Å². The molecule has 0 radical (unpaired) electrons. The first-order valence-corrected chi connectivity index (χ1v) is 7.64. The van der Waals surface area contributed by atoms with Crippen molar-refractivity contribution in [2.24, 2.45) is 4.99 Å². The molecule has 134 valence electrons. The normalized spacial score (nSPS) is 14.8. The summed E-state index contributed by atoms with van der Waals surface area (Å²) in [4.78, 5) is 16.3. The van der Waals surface area contributed by atoms with Crippen molar-refractivity contribution < 1.29 is 28.1 Å². The molecule has 0 spiro atoms. The molecule has 0 atom stereocenters. The van der Waals surface area contributed by atoms with Crippen molar-refractivity contribution in [2.45, 2.75) is 0 Å². The maximum Gasteiger partial charge on any atom is 0.363 e. The molecule has 3 rings (SSSR count). The number of cyclic esters (lactones) is 1. The topological polar surface area (TPSA) is 66.4 Å². The van der Waals surface area contributed by atoms with Crippen molar-refractivity contribution in [3.8, 4) is 17.2 Å². The summed E-state index contributed by atoms with van der Waals surface area (Å²) in [6.45, 7) is 0. The van der Waals surface area contributed by atoms with E-state index in [2.05, 4.69) is 4.99 Å². The van der Waals surface area contributed by atoms with Crippen LogP contribution in [0.4, 0.5) is 4.39 Å². The molecule has 0 amide bonds. The Morgan fingerprint density at radius 1 is 1.00 bits per heavy atom. The standard InChI is InChI=1S/C19H16FNO5/c1-23-15-9-11(10-16(24-2)17(15)25-3)8-14-19(22)26-18(21-14)12-4-6-13(20)7-5-12/h4-10H,1-3H3. The van der Waals surface area contributed by atoms with E-state index in [-0.39, 0.29) is 17.4 Å². The Labute approximate surface area is 149 Å². The summed E-state index contributed by atoms with van der Waals surface area (Å²) < 4.78 is 34.0. The second-order valence-electron chi connectivity index (χ2n) is 5.30. The van der Waals surface area contributed by atoms with Crippen molar-refractivity contribution in [1.82, 2.24) is 0 Å². The van der Waals surface area contributed by atoms with E-state index in [1.807, 2.05) is 0 Å². The Morgan fingerprint density at radius 2 is 1.62 bits per heavy atom. The van der Waals surface area contributed by atoms with E-state index in [0.29, 0.717) is 28.4 Å². The number of nitrogens with zero attached hydrogens (tertiary/aromatic N) is 1. The molecule has 7 heteroatoms. The van der Waals surface area contributed by atoms with E-state index in [0.717, 1.165) is 0 Å². The van der Waals surface area contributed by atoms with Gasteiger partial charge in [-0.15, -0.1) is 0 Å². The summed E-state index contributed by atoms with van der Waals surface area (Å²) in [7, 11) is 4.51. The number of hydrogen-bond acceptors (Lipinski definition) is 6. The summed E-state index contributed by atoms with van der Waals surface area (Å²) in [5.74, 6) is 0.487. The number of carbonyl (C=O) groups is 1. The first kappa shape index (κ1) is 17.5. The number of ether oxygens (including phenoxy) is 4. The Balaban J connectivity index is 1.99. The van der Waals surface area contributed by atoms with Gasteiger partial charge in [-0.1, -0.05) is 0 Å². The number of rotatable bonds is 5. The summed E-state index contributed by atoms with van der Waals surface area (Å²) in [6.07, 6.45) is 1.54. The maximum atomic E-state index is 13.0. The Kier molecular flexibility index (Phi) is 4.88. The number of esters is 1. The molecule has 0 saturated carbocycles. The van der Waals surface area contributed by atoms with Gasteiger partial charge in [-0.25, -0.2) is 14.2 Å². The van der Waals surface area contributed by atoms with E-state index in [1.165, 1.54) is 45.6 Å². The fourth-order valence-corrected chi connectivity index (χ4v) is 2.47. The lowest BCUT2D eigenvalue weighted by atomic mass is 10.1. The maximum absolute atomic E-state index is 13.0. The van der Waals surface area contributed by atoms with Crippen LogP contribution in [0.3, 0.4) is 0 Å². The van der Waals surface area contributed by atoms with Crippen LogP contribution >= 0.6 is 0 Å². The van der Waals surface area contributed by atoms with Crippen molar-refractivity contribution in [3.63, 3.8) is 0 Å². The third-order valence-electron chi connectivity index (χ3n) is 3.70. The number of hydrogen-bond donors (Lipinski definition) is 0. The predicted molar refractivity (Wildman–Crippen MR) is 93.1 cm³/mol. The zero-order valence-electron chi connectivity index (χ0n) is 14.4. The van der Waals surface area contributed by atoms with Crippen molar-refractivity contribution in [1.29, 1.82) is 0 Å². The highest BCUT2D eigenvalue weighted by Gasteiger charge is 2.24. The highest BCUT2D eigenvalue weighted by molar-refractivity contribution is 6.12. The van der Waals surface area contributed by atoms with Crippen LogP contribution in [0, 0.1) is 5.82 Å². The number of halogens is 1. The van der Waals surface area contributed by atoms with Crippen LogP contribution in [-0.4, -0.2) is 33.2 Å². The van der Waals surface area contributed by atoms with Crippen LogP contribution in [0.15, 0.2) is 47.1 Å². The zero-order valence-corrected chi connectivity index (χ0v) is 14.4. The molecule has 0 aromatic heterocycles. The van der Waals surface area contributed by atoms with Gasteiger partial charge in [0.25, 0.3) is 0 Å². The number of carbonyl (C=O) groups excluding carboxylic acids is 1. The lowest BCUT2D eigenvalue weighted by Gasteiger charge is -2.12. The quantitative estimate of drug-likeness (QED) is 0.607. The molecular formula is C19H16FNO5. The first-order valence-electron chi connectivity index (χ1n) is 7.64. The minimum absolute atomic E-state index is 0.110. The van der Waals surface area contributed by atoms with Crippen LogP contribution in [-0.2, 0) is 9.53 Å². The smallest absolute Gasteiger partial charge is 0.363 e. The van der Waals surface area contributed by atoms with Gasteiger partial charge in [0.05, 0.1) is 21.3 Å². The average Bonchev–Trinajstić information content (AvgIpc) is 3.01. The van der Waals surface area contributed by atoms with Crippen molar-refractivity contribution in [2.75, 3.05) is 21.3 Å². The Bertz CT molecular complexity index is 878. The van der Waals surface area contributed by atoms with Gasteiger partial charge >= 0.3 is 5.97 Å². The second kappa shape index (κ2) is 7.26. The van der Waals surface area contributed by atoms with Crippen LogP contribution in [0.5, 0.6) is 17.2 Å². The Hall–Kier alpha value is -3.35. The molecule has 26 heavy (non-hydrogen) atoms. The largest absolute Gasteiger partial charge is 0.493 e. The highest BCUT2D eigenvalue weighted by Crippen LogP contribution is 2.39. The first-order chi connectivity index (χ1) is 12.5. The van der Waals surface area contributed by atoms with Gasteiger partial charge in [0.2, 0.25) is 11.6 Å². The van der Waals surface area contributed by atoms with Gasteiger partial charge in [-0.2, -0.15) is 0 Å². The van der Waals surface area contributed by atoms with E-state index in [9.17, 15) is 9.18 Å². The molecule has 0 N–H and O–H groups in total. The third kappa shape index (κ3) is 3.37. The Morgan fingerprint density at radius 3 is 2.15 bits per heavy atom. The summed E-state index contributed by atoms with van der Waals surface area (Å²) in [5.41, 5.74) is 1.24. The summed E-state index contributed by atoms with van der Waals surface area (Å²) in [6, 6.07) is 8.90. The van der Waals surface area contributed by atoms with Crippen molar-refractivity contribution in [3.05, 3.63) is 59.0 Å². The number of aliphatic imine (C=N–C) groups is 1. The molecule has 1 aliphatic heterocycles. The van der Waals surface area contributed by atoms with E-state index in [4.69, 9.17) is 18.9 Å². The molecule has 2 aromatic carbocycles. The second-order valence-corrected chi connectivity index (χ2v) is 5.30. The van der Waals surface area contributed by atoms with E-state index in [1.54, 1.807) is 18.2 Å². The molecule has 2 aromatic rings. The monoisotopic (exact) mass is 357 g/mol. The average molecular weight is 357 g/mol. The number of methoxy groups -OCH3 is 3. The van der Waals surface area contributed by atoms with Gasteiger partial charge in [0.1, 0.15) is 5.82 Å². The molecule has 0 saturated heterocycles. The van der Waals surface area contributed by atoms with Crippen LogP contribution < -0.4 is 14.2 Å². The number of benzene rings is 2. The molecule has 0 bridgehead atoms. The lowest BCUT2D eigenvalue weighted by molar-refractivity contribution is -0.129. The summed E-state index contributed by atoms with van der Waals surface area (Å²) >= 11 is 0. The predicted octanol–water partition coefficient (Wildman–Crippen LogP) is 3.20. The third-order valence-corrected chi connectivity index (χ3v) is 3.70. The molecule has 1 aliphatic rings. The minimum atomic E-state index is -0.599. The van der Waals surface area contributed by atoms with Gasteiger partial charge in [0.15, 0.2) is 17.2 Å². The van der Waals surface area contributed by atoms with Crippen LogP contribution in [0.1, 0.15) is 11.1 Å². The van der Waals surface area contributed by atoms with Gasteiger partial charge in [0, 0.05) is 5.56 Å². The zero-order chi connectivity index (χ0) is 18.7. The molecule has 0 fully saturated rings. The van der Waals surface area contributed by atoms with Gasteiger partial charge in [-0.3, -0.25) is 0 Å². The molecule has 1 heterocycles. The van der Waals surface area contributed by atoms with Crippen LogP contribution in [0.25, 0.3) is 6.08 Å². The SMILES string of the molecule is COc1cc(C=C2N=C(c3ccc(F)cc3)OC2=O)cc(OC)c1OC. The molecule has 0 aliphatic carbocycles. The van der Waals surface area contributed by atoms with Crippen LogP contribution in [0.2, 0.25) is 0 Å². The fraction of sp³-hybridized carbons (Fsp3) is 0.158. The van der Waals surface area contributed by atoms with E-state index < -0.39 is 5.97 Å². The van der Waals surface area contributed by atoms with Gasteiger partial charge in [-0.05, 0) is 48.0 Å². The summed E-state index contributed by atoms with van der Waals surface area (Å²) in [5, 5.41) is 0. The molecule has 0 unspecified atom stereocenters. The van der Waals surface area contributed by atoms with Crippen molar-refractivity contribution >= 4 is 17.9 Å². The van der Waals surface area contributed by atoms with Gasteiger partial charge < -0.3 is 18.9 Å². The fourth-order valence-electron chi connectivity index (χ4n) is 2.47. The highest BCUT2D eigenvalue weighted by atomic mass is 19.1. The lowest BCUT2D eigenvalue weighted by Crippen LogP contribution is -2.05. The minimum Gasteiger partial charge on any atom is -0.493 e.